The van der Waals surface area contributed by atoms with Crippen LogP contribution in [0.4, 0.5) is 11.4 Å². The third kappa shape index (κ3) is 3.11. The van der Waals surface area contributed by atoms with Crippen LogP contribution in [-0.2, 0) is 6.42 Å². The van der Waals surface area contributed by atoms with Crippen LogP contribution in [-0.4, -0.2) is 28.9 Å². The number of nitrogens with zero attached hydrogens (tertiary/aromatic N) is 2. The second-order valence-electron chi connectivity index (χ2n) is 5.57. The molecule has 22 heavy (non-hydrogen) atoms. The van der Waals surface area contributed by atoms with Gasteiger partial charge in [-0.1, -0.05) is 25.1 Å². The lowest BCUT2D eigenvalue weighted by atomic mass is 10.1. The number of carbonyl (C=O) groups is 1. The van der Waals surface area contributed by atoms with Gasteiger partial charge in [0.1, 0.15) is 5.69 Å². The van der Waals surface area contributed by atoms with Gasteiger partial charge in [-0.3, -0.25) is 4.79 Å². The van der Waals surface area contributed by atoms with Crippen molar-refractivity contribution in [2.75, 3.05) is 18.4 Å². The highest BCUT2D eigenvalue weighted by Crippen LogP contribution is 2.21. The molecule has 1 aromatic carbocycles. The first-order valence-electron chi connectivity index (χ1n) is 7.88. The third-order valence-corrected chi connectivity index (χ3v) is 4.05. The fourth-order valence-electron chi connectivity index (χ4n) is 2.78. The molecule has 0 saturated carbocycles. The predicted octanol–water partition coefficient (Wildman–Crippen LogP) is 3.62. The molecule has 4 heteroatoms. The van der Waals surface area contributed by atoms with E-state index in [1.54, 1.807) is 12.3 Å². The van der Waals surface area contributed by atoms with Gasteiger partial charge in [-0.05, 0) is 43.0 Å². The van der Waals surface area contributed by atoms with E-state index < -0.39 is 0 Å². The van der Waals surface area contributed by atoms with Crippen LogP contribution in [0.1, 0.15) is 35.8 Å². The molecule has 1 aliphatic rings. The first-order chi connectivity index (χ1) is 10.8. The molecule has 0 atom stereocenters. The minimum atomic E-state index is 0.0398. The highest BCUT2D eigenvalue weighted by molar-refractivity contribution is 5.92. The highest BCUT2D eigenvalue weighted by atomic mass is 16.2. The smallest absolute Gasteiger partial charge is 0.272 e. The summed E-state index contributed by atoms with van der Waals surface area (Å²) >= 11 is 0. The van der Waals surface area contributed by atoms with E-state index >= 15 is 0 Å². The molecule has 1 fully saturated rings. The van der Waals surface area contributed by atoms with Gasteiger partial charge in [0.25, 0.3) is 5.91 Å². The standard InChI is InChI=1S/C18H21N3O/c1-2-14-7-3-4-8-16(14)20-15-9-10-17(19-13-15)18(22)21-11-5-6-12-21/h3-4,7-10,13,20H,2,5-6,11-12H2,1H3. The summed E-state index contributed by atoms with van der Waals surface area (Å²) in [5, 5.41) is 3.37. The number of aryl methyl sites for hydroxylation is 1. The first-order valence-corrected chi connectivity index (χ1v) is 7.88. The van der Waals surface area contributed by atoms with Crippen molar-refractivity contribution in [1.82, 2.24) is 9.88 Å². The Kier molecular flexibility index (Phi) is 4.37. The SMILES string of the molecule is CCc1ccccc1Nc1ccc(C(=O)N2CCCC2)nc1. The summed E-state index contributed by atoms with van der Waals surface area (Å²) in [6, 6.07) is 11.9. The normalized spacial score (nSPS) is 14.1. The van der Waals surface area contributed by atoms with Gasteiger partial charge < -0.3 is 10.2 Å². The van der Waals surface area contributed by atoms with Crippen LogP contribution in [0.25, 0.3) is 0 Å². The topological polar surface area (TPSA) is 45.2 Å². The maximum atomic E-state index is 12.3. The van der Waals surface area contributed by atoms with Gasteiger partial charge in [0.15, 0.2) is 0 Å². The zero-order valence-corrected chi connectivity index (χ0v) is 12.9. The summed E-state index contributed by atoms with van der Waals surface area (Å²) in [6.45, 7) is 3.84. The largest absolute Gasteiger partial charge is 0.354 e. The second-order valence-corrected chi connectivity index (χ2v) is 5.57. The van der Waals surface area contributed by atoms with Crippen LogP contribution in [0.5, 0.6) is 0 Å². The van der Waals surface area contributed by atoms with Gasteiger partial charge >= 0.3 is 0 Å². The molecular weight excluding hydrogens is 274 g/mol. The van der Waals surface area contributed by atoms with Crippen LogP contribution in [0.2, 0.25) is 0 Å². The number of hydrogen-bond donors (Lipinski definition) is 1. The van der Waals surface area contributed by atoms with E-state index in [0.717, 1.165) is 43.7 Å². The maximum Gasteiger partial charge on any atom is 0.272 e. The number of benzene rings is 1. The van der Waals surface area contributed by atoms with E-state index in [1.165, 1.54) is 5.56 Å². The number of rotatable bonds is 4. The predicted molar refractivity (Wildman–Crippen MR) is 88.5 cm³/mol. The molecule has 1 saturated heterocycles. The fraction of sp³-hybridized carbons (Fsp3) is 0.333. The number of hydrogen-bond acceptors (Lipinski definition) is 3. The molecule has 2 aromatic rings. The van der Waals surface area contributed by atoms with Gasteiger partial charge in [0.2, 0.25) is 0 Å². The average molecular weight is 295 g/mol. The molecule has 2 heterocycles. The Hall–Kier alpha value is -2.36. The van der Waals surface area contributed by atoms with Crippen molar-refractivity contribution in [3.63, 3.8) is 0 Å². The number of nitrogens with one attached hydrogen (secondary N) is 1. The summed E-state index contributed by atoms with van der Waals surface area (Å²) in [4.78, 5) is 18.5. The number of carbonyl (C=O) groups excluding carboxylic acids is 1. The van der Waals surface area contributed by atoms with Crippen LogP contribution in [0.15, 0.2) is 42.6 Å². The number of amides is 1. The molecule has 1 amide bonds. The lowest BCUT2D eigenvalue weighted by Crippen LogP contribution is -2.28. The summed E-state index contributed by atoms with van der Waals surface area (Å²) < 4.78 is 0. The lowest BCUT2D eigenvalue weighted by molar-refractivity contribution is 0.0787. The van der Waals surface area contributed by atoms with Crippen molar-refractivity contribution in [3.05, 3.63) is 53.9 Å². The Balaban J connectivity index is 1.72. The number of para-hydroxylation sites is 1. The fourth-order valence-corrected chi connectivity index (χ4v) is 2.78. The maximum absolute atomic E-state index is 12.3. The molecule has 0 bridgehead atoms. The van der Waals surface area contributed by atoms with E-state index in [-0.39, 0.29) is 5.91 Å². The third-order valence-electron chi connectivity index (χ3n) is 4.05. The minimum Gasteiger partial charge on any atom is -0.354 e. The van der Waals surface area contributed by atoms with Crippen molar-refractivity contribution in [2.45, 2.75) is 26.2 Å². The van der Waals surface area contributed by atoms with E-state index in [1.807, 2.05) is 23.1 Å². The molecule has 0 aliphatic carbocycles. The van der Waals surface area contributed by atoms with Gasteiger partial charge in [0.05, 0.1) is 11.9 Å². The Morgan fingerprint density at radius 2 is 1.95 bits per heavy atom. The molecule has 4 nitrogen and oxygen atoms in total. The Morgan fingerprint density at radius 1 is 1.18 bits per heavy atom. The van der Waals surface area contributed by atoms with Gasteiger partial charge in [0, 0.05) is 18.8 Å². The molecule has 0 radical (unpaired) electrons. The summed E-state index contributed by atoms with van der Waals surface area (Å²) in [5.74, 6) is 0.0398. The van der Waals surface area contributed by atoms with Crippen molar-refractivity contribution in [1.29, 1.82) is 0 Å². The molecule has 0 spiro atoms. The molecule has 1 aromatic heterocycles. The Labute approximate surface area is 131 Å². The van der Waals surface area contributed by atoms with Gasteiger partial charge in [-0.25, -0.2) is 4.98 Å². The zero-order chi connectivity index (χ0) is 15.4. The van der Waals surface area contributed by atoms with Crippen molar-refractivity contribution in [2.24, 2.45) is 0 Å². The Morgan fingerprint density at radius 3 is 2.64 bits per heavy atom. The Bertz CT molecular complexity index is 646. The van der Waals surface area contributed by atoms with E-state index in [0.29, 0.717) is 5.69 Å². The molecular formula is C18H21N3O. The second kappa shape index (κ2) is 6.60. The average Bonchev–Trinajstić information content (AvgIpc) is 3.10. The monoisotopic (exact) mass is 295 g/mol. The molecule has 3 rings (SSSR count). The summed E-state index contributed by atoms with van der Waals surface area (Å²) in [5.41, 5.74) is 3.78. The number of anilines is 2. The van der Waals surface area contributed by atoms with Crippen molar-refractivity contribution >= 4 is 17.3 Å². The van der Waals surface area contributed by atoms with Crippen LogP contribution >= 0.6 is 0 Å². The van der Waals surface area contributed by atoms with E-state index in [9.17, 15) is 4.79 Å². The molecule has 1 aliphatic heterocycles. The van der Waals surface area contributed by atoms with Crippen molar-refractivity contribution < 1.29 is 4.79 Å². The number of aromatic nitrogens is 1. The lowest BCUT2D eigenvalue weighted by Gasteiger charge is -2.15. The highest BCUT2D eigenvalue weighted by Gasteiger charge is 2.20. The van der Waals surface area contributed by atoms with Crippen LogP contribution < -0.4 is 5.32 Å². The first kappa shape index (κ1) is 14.6. The quantitative estimate of drug-likeness (QED) is 0.937. The minimum absolute atomic E-state index is 0.0398. The summed E-state index contributed by atoms with van der Waals surface area (Å²) in [7, 11) is 0. The number of likely N-dealkylation sites (tertiary alicyclic amines) is 1. The van der Waals surface area contributed by atoms with E-state index in [2.05, 4.69) is 29.4 Å². The van der Waals surface area contributed by atoms with Crippen LogP contribution in [0, 0.1) is 0 Å². The van der Waals surface area contributed by atoms with Crippen LogP contribution in [0.3, 0.4) is 0 Å². The molecule has 1 N–H and O–H groups in total. The molecule has 114 valence electrons. The number of pyridine rings is 1. The van der Waals surface area contributed by atoms with Gasteiger partial charge in [-0.2, -0.15) is 0 Å². The molecule has 0 unspecified atom stereocenters. The zero-order valence-electron chi connectivity index (χ0n) is 12.9. The van der Waals surface area contributed by atoms with Crippen molar-refractivity contribution in [3.8, 4) is 0 Å². The summed E-state index contributed by atoms with van der Waals surface area (Å²) in [6.07, 6.45) is 4.90. The van der Waals surface area contributed by atoms with E-state index in [4.69, 9.17) is 0 Å². The van der Waals surface area contributed by atoms with Gasteiger partial charge in [-0.15, -0.1) is 0 Å².